The molecule has 0 spiro atoms. The first-order chi connectivity index (χ1) is 12.7. The standard InChI is InChI=1S/C20H22ClN5/c1-25(21)13-17-8-9-20(24-12-17)16-26(14-18-6-2-4-10-22-18)15-19-7-3-5-11-23-19/h2-12H,13-16H2,1H3. The van der Waals surface area contributed by atoms with Gasteiger partial charge in [-0.2, -0.15) is 0 Å². The van der Waals surface area contributed by atoms with Gasteiger partial charge in [-0.1, -0.05) is 18.2 Å². The van der Waals surface area contributed by atoms with Crippen molar-refractivity contribution in [3.05, 3.63) is 89.8 Å². The first-order valence-corrected chi connectivity index (χ1v) is 8.86. The molecule has 0 radical (unpaired) electrons. The highest BCUT2D eigenvalue weighted by Crippen LogP contribution is 2.12. The summed E-state index contributed by atoms with van der Waals surface area (Å²) in [5, 5.41) is 0. The SMILES string of the molecule is CN(Cl)Cc1ccc(CN(Cc2ccccn2)Cc2ccccn2)nc1. The van der Waals surface area contributed by atoms with Gasteiger partial charge < -0.3 is 0 Å². The third-order valence-corrected chi connectivity index (χ3v) is 4.02. The Kier molecular flexibility index (Phi) is 6.66. The number of pyridine rings is 3. The van der Waals surface area contributed by atoms with E-state index in [4.69, 9.17) is 11.8 Å². The summed E-state index contributed by atoms with van der Waals surface area (Å²) < 4.78 is 1.62. The molecule has 0 fully saturated rings. The Balaban J connectivity index is 1.72. The predicted molar refractivity (Wildman–Crippen MR) is 103 cm³/mol. The van der Waals surface area contributed by atoms with E-state index < -0.39 is 0 Å². The van der Waals surface area contributed by atoms with Crippen LogP contribution in [0.3, 0.4) is 0 Å². The summed E-state index contributed by atoms with van der Waals surface area (Å²) in [4.78, 5) is 15.8. The Bertz CT molecular complexity index is 737. The Morgan fingerprint density at radius 1 is 0.731 bits per heavy atom. The Morgan fingerprint density at radius 3 is 1.73 bits per heavy atom. The van der Waals surface area contributed by atoms with Crippen LogP contribution < -0.4 is 0 Å². The van der Waals surface area contributed by atoms with Crippen LogP contribution in [-0.2, 0) is 26.2 Å². The highest BCUT2D eigenvalue weighted by atomic mass is 35.5. The van der Waals surface area contributed by atoms with Crippen molar-refractivity contribution in [1.82, 2.24) is 24.3 Å². The third-order valence-electron chi connectivity index (χ3n) is 3.90. The lowest BCUT2D eigenvalue weighted by Gasteiger charge is -2.21. The van der Waals surface area contributed by atoms with E-state index in [2.05, 4.69) is 32.0 Å². The molecule has 6 heteroatoms. The molecule has 0 aliphatic heterocycles. The minimum atomic E-state index is 0.667. The van der Waals surface area contributed by atoms with Crippen LogP contribution in [0.15, 0.2) is 67.1 Å². The van der Waals surface area contributed by atoms with Crippen LogP contribution in [-0.4, -0.2) is 31.3 Å². The minimum absolute atomic E-state index is 0.667. The van der Waals surface area contributed by atoms with Crippen LogP contribution >= 0.6 is 11.8 Å². The van der Waals surface area contributed by atoms with Crippen LogP contribution in [0.25, 0.3) is 0 Å². The largest absolute Gasteiger partial charge is 0.286 e. The van der Waals surface area contributed by atoms with Gasteiger partial charge in [-0.05, 0) is 47.7 Å². The number of rotatable bonds is 8. The molecule has 3 heterocycles. The van der Waals surface area contributed by atoms with E-state index in [9.17, 15) is 0 Å². The zero-order valence-corrected chi connectivity index (χ0v) is 15.5. The molecule has 26 heavy (non-hydrogen) atoms. The average Bonchev–Trinajstić information content (AvgIpc) is 2.64. The molecule has 0 aromatic carbocycles. The summed E-state index contributed by atoms with van der Waals surface area (Å²) in [5.41, 5.74) is 4.16. The maximum absolute atomic E-state index is 5.90. The van der Waals surface area contributed by atoms with Crippen molar-refractivity contribution in [2.75, 3.05) is 7.05 Å². The van der Waals surface area contributed by atoms with Crippen molar-refractivity contribution in [3.8, 4) is 0 Å². The number of halogens is 1. The molecule has 3 aromatic rings. The normalized spacial score (nSPS) is 11.2. The van der Waals surface area contributed by atoms with Crippen molar-refractivity contribution in [3.63, 3.8) is 0 Å². The molecule has 0 aliphatic rings. The Morgan fingerprint density at radius 2 is 1.31 bits per heavy atom. The van der Waals surface area contributed by atoms with E-state index in [0.29, 0.717) is 6.54 Å². The van der Waals surface area contributed by atoms with Crippen LogP contribution in [0.2, 0.25) is 0 Å². The van der Waals surface area contributed by atoms with Crippen molar-refractivity contribution in [2.24, 2.45) is 0 Å². The minimum Gasteiger partial charge on any atom is -0.286 e. The summed E-state index contributed by atoms with van der Waals surface area (Å²) in [5.74, 6) is 0. The highest BCUT2D eigenvalue weighted by molar-refractivity contribution is 6.13. The molecule has 0 N–H and O–H groups in total. The molecule has 0 saturated heterocycles. The van der Waals surface area contributed by atoms with Gasteiger partial charge in [0.05, 0.1) is 17.1 Å². The maximum Gasteiger partial charge on any atom is 0.0544 e. The third kappa shape index (κ3) is 5.88. The summed E-state index contributed by atoms with van der Waals surface area (Å²) in [6.07, 6.45) is 5.53. The predicted octanol–water partition coefficient (Wildman–Crippen LogP) is 3.66. The fourth-order valence-corrected chi connectivity index (χ4v) is 2.87. The fourth-order valence-electron chi connectivity index (χ4n) is 2.73. The molecule has 0 amide bonds. The second-order valence-corrected chi connectivity index (χ2v) is 6.79. The van der Waals surface area contributed by atoms with E-state index in [1.54, 1.807) is 4.42 Å². The lowest BCUT2D eigenvalue weighted by molar-refractivity contribution is 0.239. The van der Waals surface area contributed by atoms with Gasteiger partial charge in [0.15, 0.2) is 0 Å². The zero-order chi connectivity index (χ0) is 18.2. The topological polar surface area (TPSA) is 45.2 Å². The summed E-state index contributed by atoms with van der Waals surface area (Å²) in [6, 6.07) is 16.1. The van der Waals surface area contributed by atoms with Crippen LogP contribution in [0.5, 0.6) is 0 Å². The van der Waals surface area contributed by atoms with E-state index in [1.165, 1.54) is 0 Å². The summed E-state index contributed by atoms with van der Waals surface area (Å²) in [6.45, 7) is 2.88. The molecule has 0 unspecified atom stereocenters. The van der Waals surface area contributed by atoms with Crippen LogP contribution in [0.1, 0.15) is 22.6 Å². The summed E-state index contributed by atoms with van der Waals surface area (Å²) in [7, 11) is 1.83. The molecule has 0 bridgehead atoms. The van der Waals surface area contributed by atoms with E-state index in [1.807, 2.05) is 62.0 Å². The van der Waals surface area contributed by atoms with Crippen LogP contribution in [0, 0.1) is 0 Å². The van der Waals surface area contributed by atoms with Gasteiger partial charge in [0.1, 0.15) is 0 Å². The van der Waals surface area contributed by atoms with Gasteiger partial charge >= 0.3 is 0 Å². The van der Waals surface area contributed by atoms with E-state index in [0.717, 1.165) is 42.3 Å². The molecule has 0 atom stereocenters. The van der Waals surface area contributed by atoms with E-state index >= 15 is 0 Å². The van der Waals surface area contributed by atoms with Crippen LogP contribution in [0.4, 0.5) is 0 Å². The molecule has 0 saturated carbocycles. The molecule has 3 aromatic heterocycles. The van der Waals surface area contributed by atoms with Gasteiger partial charge in [0.2, 0.25) is 0 Å². The number of aromatic nitrogens is 3. The molecular formula is C20H22ClN5. The molecule has 0 aliphatic carbocycles. The van der Waals surface area contributed by atoms with Crippen molar-refractivity contribution in [1.29, 1.82) is 0 Å². The van der Waals surface area contributed by atoms with Gasteiger partial charge in [-0.25, -0.2) is 4.42 Å². The average molecular weight is 368 g/mol. The zero-order valence-electron chi connectivity index (χ0n) is 14.8. The second kappa shape index (κ2) is 9.38. The van der Waals surface area contributed by atoms with Crippen molar-refractivity contribution >= 4 is 11.8 Å². The van der Waals surface area contributed by atoms with Gasteiger partial charge in [-0.15, -0.1) is 0 Å². The molecule has 5 nitrogen and oxygen atoms in total. The van der Waals surface area contributed by atoms with Crippen molar-refractivity contribution in [2.45, 2.75) is 26.2 Å². The van der Waals surface area contributed by atoms with Crippen molar-refractivity contribution < 1.29 is 0 Å². The van der Waals surface area contributed by atoms with Gasteiger partial charge in [0.25, 0.3) is 0 Å². The monoisotopic (exact) mass is 367 g/mol. The van der Waals surface area contributed by atoms with E-state index in [-0.39, 0.29) is 0 Å². The van der Waals surface area contributed by atoms with Gasteiger partial charge in [0, 0.05) is 51.8 Å². The Labute approximate surface area is 159 Å². The lowest BCUT2D eigenvalue weighted by atomic mass is 10.2. The summed E-state index contributed by atoms with van der Waals surface area (Å²) >= 11 is 5.90. The first-order valence-electron chi connectivity index (χ1n) is 8.52. The quantitative estimate of drug-likeness (QED) is 0.568. The highest BCUT2D eigenvalue weighted by Gasteiger charge is 2.11. The smallest absolute Gasteiger partial charge is 0.0544 e. The number of hydrogen-bond donors (Lipinski definition) is 0. The first kappa shape index (κ1) is 18.5. The lowest BCUT2D eigenvalue weighted by Crippen LogP contribution is -2.24. The second-order valence-electron chi connectivity index (χ2n) is 6.21. The maximum atomic E-state index is 5.90. The Hall–Kier alpha value is -2.34. The molecule has 134 valence electrons. The van der Waals surface area contributed by atoms with Gasteiger partial charge in [-0.3, -0.25) is 19.9 Å². The number of hydrogen-bond acceptors (Lipinski definition) is 5. The number of nitrogens with zero attached hydrogens (tertiary/aromatic N) is 5. The fraction of sp³-hybridized carbons (Fsp3) is 0.250. The molecular weight excluding hydrogens is 346 g/mol. The molecule has 3 rings (SSSR count).